The molecule has 1 atom stereocenters. The lowest BCUT2D eigenvalue weighted by Crippen LogP contribution is -2.34. The standard InChI is InChI=1S/C14H24N4/c1-10(2)7-11(3)18(4)14-12-8-15-6-5-13(12)16-9-17-14/h9-11,15H,5-8H2,1-4H3. The zero-order valence-corrected chi connectivity index (χ0v) is 11.9. The van der Waals surface area contributed by atoms with Crippen molar-refractivity contribution in [3.63, 3.8) is 0 Å². The van der Waals surface area contributed by atoms with Gasteiger partial charge < -0.3 is 10.2 Å². The molecule has 0 saturated heterocycles. The molecule has 1 aromatic rings. The van der Waals surface area contributed by atoms with E-state index in [1.807, 2.05) is 0 Å². The van der Waals surface area contributed by atoms with Crippen LogP contribution in [-0.2, 0) is 13.0 Å². The van der Waals surface area contributed by atoms with Gasteiger partial charge in [-0.05, 0) is 19.3 Å². The second-order valence-electron chi connectivity index (χ2n) is 5.64. The summed E-state index contributed by atoms with van der Waals surface area (Å²) in [6.07, 6.45) is 3.90. The van der Waals surface area contributed by atoms with Gasteiger partial charge in [-0.2, -0.15) is 0 Å². The van der Waals surface area contributed by atoms with Gasteiger partial charge in [0.15, 0.2) is 0 Å². The van der Waals surface area contributed by atoms with Crippen LogP contribution in [0.1, 0.15) is 38.4 Å². The summed E-state index contributed by atoms with van der Waals surface area (Å²) in [7, 11) is 2.14. The molecule has 0 radical (unpaired) electrons. The maximum absolute atomic E-state index is 4.50. The quantitative estimate of drug-likeness (QED) is 0.885. The van der Waals surface area contributed by atoms with Crippen LogP contribution in [-0.4, -0.2) is 29.6 Å². The van der Waals surface area contributed by atoms with E-state index in [4.69, 9.17) is 0 Å². The summed E-state index contributed by atoms with van der Waals surface area (Å²) < 4.78 is 0. The van der Waals surface area contributed by atoms with E-state index in [1.54, 1.807) is 6.33 Å². The maximum atomic E-state index is 4.50. The summed E-state index contributed by atoms with van der Waals surface area (Å²) >= 11 is 0. The monoisotopic (exact) mass is 248 g/mol. The minimum Gasteiger partial charge on any atom is -0.357 e. The fraction of sp³-hybridized carbons (Fsp3) is 0.714. The van der Waals surface area contributed by atoms with E-state index < -0.39 is 0 Å². The Morgan fingerprint density at radius 3 is 2.83 bits per heavy atom. The molecule has 1 N–H and O–H groups in total. The van der Waals surface area contributed by atoms with Crippen LogP contribution in [0.2, 0.25) is 0 Å². The molecule has 0 aromatic carbocycles. The van der Waals surface area contributed by atoms with E-state index in [-0.39, 0.29) is 0 Å². The fourth-order valence-corrected chi connectivity index (χ4v) is 2.61. The smallest absolute Gasteiger partial charge is 0.136 e. The summed E-state index contributed by atoms with van der Waals surface area (Å²) in [5.74, 6) is 1.80. The minimum atomic E-state index is 0.505. The first-order valence-corrected chi connectivity index (χ1v) is 6.86. The molecule has 100 valence electrons. The van der Waals surface area contributed by atoms with Gasteiger partial charge in [-0.1, -0.05) is 13.8 Å². The van der Waals surface area contributed by atoms with Crippen LogP contribution in [0.5, 0.6) is 0 Å². The zero-order valence-electron chi connectivity index (χ0n) is 11.9. The third-order valence-electron chi connectivity index (χ3n) is 3.66. The first kappa shape index (κ1) is 13.3. The lowest BCUT2D eigenvalue weighted by atomic mass is 10.0. The number of hydrogen-bond donors (Lipinski definition) is 1. The molecule has 2 heterocycles. The lowest BCUT2D eigenvalue weighted by Gasteiger charge is -2.30. The van der Waals surface area contributed by atoms with Crippen molar-refractivity contribution in [1.82, 2.24) is 15.3 Å². The lowest BCUT2D eigenvalue weighted by molar-refractivity contribution is 0.499. The molecule has 0 amide bonds. The average Bonchev–Trinajstić information content (AvgIpc) is 2.36. The summed E-state index contributed by atoms with van der Waals surface area (Å²) in [5, 5.41) is 3.41. The van der Waals surface area contributed by atoms with Crippen molar-refractivity contribution in [2.75, 3.05) is 18.5 Å². The van der Waals surface area contributed by atoms with Crippen LogP contribution in [0, 0.1) is 5.92 Å². The molecule has 1 unspecified atom stereocenters. The van der Waals surface area contributed by atoms with Gasteiger partial charge in [0.1, 0.15) is 12.1 Å². The van der Waals surface area contributed by atoms with Crippen molar-refractivity contribution in [2.45, 2.75) is 46.2 Å². The van der Waals surface area contributed by atoms with Crippen LogP contribution in [0.15, 0.2) is 6.33 Å². The van der Waals surface area contributed by atoms with E-state index in [0.717, 1.165) is 25.3 Å². The molecule has 18 heavy (non-hydrogen) atoms. The number of rotatable bonds is 4. The molecule has 1 aliphatic rings. The van der Waals surface area contributed by atoms with Crippen molar-refractivity contribution in [3.8, 4) is 0 Å². The highest BCUT2D eigenvalue weighted by Gasteiger charge is 2.20. The Morgan fingerprint density at radius 2 is 2.11 bits per heavy atom. The normalized spacial score (nSPS) is 16.5. The number of nitrogens with zero attached hydrogens (tertiary/aromatic N) is 3. The second-order valence-corrected chi connectivity index (χ2v) is 5.64. The third-order valence-corrected chi connectivity index (χ3v) is 3.66. The van der Waals surface area contributed by atoms with E-state index >= 15 is 0 Å². The molecule has 0 bridgehead atoms. The Bertz CT molecular complexity index is 403. The summed E-state index contributed by atoms with van der Waals surface area (Å²) in [6.45, 7) is 8.71. The number of anilines is 1. The molecule has 0 spiro atoms. The highest BCUT2D eigenvalue weighted by molar-refractivity contribution is 5.49. The number of fused-ring (bicyclic) bond motifs is 1. The van der Waals surface area contributed by atoms with E-state index in [2.05, 4.69) is 48.0 Å². The Labute approximate surface area is 110 Å². The largest absolute Gasteiger partial charge is 0.357 e. The van der Waals surface area contributed by atoms with Gasteiger partial charge in [0.2, 0.25) is 0 Å². The second kappa shape index (κ2) is 5.65. The maximum Gasteiger partial charge on any atom is 0.136 e. The van der Waals surface area contributed by atoms with E-state index in [0.29, 0.717) is 12.0 Å². The molecular formula is C14H24N4. The Hall–Kier alpha value is -1.16. The SMILES string of the molecule is CC(C)CC(C)N(C)c1ncnc2c1CNCC2. The van der Waals surface area contributed by atoms with Gasteiger partial charge in [-0.25, -0.2) is 9.97 Å². The van der Waals surface area contributed by atoms with Gasteiger partial charge in [0, 0.05) is 38.2 Å². The highest BCUT2D eigenvalue weighted by Crippen LogP contribution is 2.24. The van der Waals surface area contributed by atoms with Gasteiger partial charge in [0.25, 0.3) is 0 Å². The summed E-state index contributed by atoms with van der Waals surface area (Å²) in [4.78, 5) is 11.2. The molecule has 0 aliphatic carbocycles. The molecular weight excluding hydrogens is 224 g/mol. The van der Waals surface area contributed by atoms with E-state index in [1.165, 1.54) is 17.7 Å². The Balaban J connectivity index is 2.22. The summed E-state index contributed by atoms with van der Waals surface area (Å²) in [5.41, 5.74) is 2.49. The van der Waals surface area contributed by atoms with Gasteiger partial charge in [-0.3, -0.25) is 0 Å². The van der Waals surface area contributed by atoms with Crippen molar-refractivity contribution in [2.24, 2.45) is 5.92 Å². The van der Waals surface area contributed by atoms with Crippen molar-refractivity contribution >= 4 is 5.82 Å². The molecule has 0 fully saturated rings. The van der Waals surface area contributed by atoms with Gasteiger partial charge >= 0.3 is 0 Å². The predicted octanol–water partition coefficient (Wildman–Crippen LogP) is 1.99. The Morgan fingerprint density at radius 1 is 1.33 bits per heavy atom. The molecule has 4 nitrogen and oxygen atoms in total. The van der Waals surface area contributed by atoms with Crippen molar-refractivity contribution in [3.05, 3.63) is 17.6 Å². The topological polar surface area (TPSA) is 41.1 Å². The van der Waals surface area contributed by atoms with Crippen LogP contribution >= 0.6 is 0 Å². The number of aromatic nitrogens is 2. The molecule has 1 aliphatic heterocycles. The first-order valence-electron chi connectivity index (χ1n) is 6.86. The Kier molecular flexibility index (Phi) is 4.17. The van der Waals surface area contributed by atoms with Gasteiger partial charge in [0.05, 0.1) is 5.69 Å². The molecule has 0 saturated carbocycles. The van der Waals surface area contributed by atoms with Crippen LogP contribution < -0.4 is 10.2 Å². The first-order chi connectivity index (χ1) is 8.59. The molecule has 1 aromatic heterocycles. The minimum absolute atomic E-state index is 0.505. The van der Waals surface area contributed by atoms with Gasteiger partial charge in [-0.15, -0.1) is 0 Å². The predicted molar refractivity (Wildman–Crippen MR) is 74.8 cm³/mol. The fourth-order valence-electron chi connectivity index (χ4n) is 2.61. The third kappa shape index (κ3) is 2.80. The van der Waals surface area contributed by atoms with E-state index in [9.17, 15) is 0 Å². The van der Waals surface area contributed by atoms with Crippen LogP contribution in [0.25, 0.3) is 0 Å². The van der Waals surface area contributed by atoms with Crippen LogP contribution in [0.4, 0.5) is 5.82 Å². The molecule has 4 heteroatoms. The summed E-state index contributed by atoms with van der Waals surface area (Å²) in [6, 6.07) is 0.505. The van der Waals surface area contributed by atoms with Crippen molar-refractivity contribution in [1.29, 1.82) is 0 Å². The highest BCUT2D eigenvalue weighted by atomic mass is 15.2. The van der Waals surface area contributed by atoms with Crippen molar-refractivity contribution < 1.29 is 0 Å². The number of hydrogen-bond acceptors (Lipinski definition) is 4. The number of nitrogens with one attached hydrogen (secondary N) is 1. The zero-order chi connectivity index (χ0) is 13.1. The average molecular weight is 248 g/mol. The van der Waals surface area contributed by atoms with Crippen LogP contribution in [0.3, 0.4) is 0 Å². The molecule has 2 rings (SSSR count).